The van der Waals surface area contributed by atoms with Gasteiger partial charge in [-0.25, -0.2) is 0 Å². The van der Waals surface area contributed by atoms with Crippen LogP contribution in [0.5, 0.6) is 0 Å². The number of carbonyl (C=O) groups is 1. The molecule has 0 spiro atoms. The van der Waals surface area contributed by atoms with E-state index in [-0.39, 0.29) is 17.7 Å². The van der Waals surface area contributed by atoms with Crippen molar-refractivity contribution in [2.24, 2.45) is 0 Å². The number of amides is 1. The van der Waals surface area contributed by atoms with E-state index in [4.69, 9.17) is 0 Å². The van der Waals surface area contributed by atoms with Crippen LogP contribution in [-0.4, -0.2) is 23.2 Å². The second-order valence-corrected chi connectivity index (χ2v) is 7.14. The lowest BCUT2D eigenvalue weighted by molar-refractivity contribution is -0.126. The fourth-order valence-corrected chi connectivity index (χ4v) is 3.06. The van der Waals surface area contributed by atoms with Gasteiger partial charge in [0.2, 0.25) is 5.91 Å². The normalized spacial score (nSPS) is 17.7. The monoisotopic (exact) mass is 289 g/mol. The average molecular weight is 289 g/mol. The molecule has 1 aromatic carbocycles. The Labute approximate surface area is 127 Å². The minimum Gasteiger partial charge on any atom is -0.389 e. The van der Waals surface area contributed by atoms with Gasteiger partial charge < -0.3 is 10.4 Å². The molecule has 2 rings (SSSR count). The van der Waals surface area contributed by atoms with E-state index < -0.39 is 5.60 Å². The first-order valence-corrected chi connectivity index (χ1v) is 7.87. The Bertz CT molecular complexity index is 502. The molecule has 1 amide bonds. The molecule has 0 aliphatic heterocycles. The van der Waals surface area contributed by atoms with E-state index in [1.807, 2.05) is 0 Å². The van der Waals surface area contributed by atoms with Crippen molar-refractivity contribution in [1.82, 2.24) is 5.32 Å². The number of benzene rings is 1. The average Bonchev–Trinajstić information content (AvgIpc) is 2.83. The van der Waals surface area contributed by atoms with Crippen molar-refractivity contribution < 1.29 is 9.90 Å². The summed E-state index contributed by atoms with van der Waals surface area (Å²) in [5, 5.41) is 13.3. The SMILES string of the molecule is Cc1cccc(C(C)(C)CNC(=O)CC2(O)CCCC2)c1. The predicted octanol–water partition coefficient (Wildman–Crippen LogP) is 3.08. The van der Waals surface area contributed by atoms with Crippen molar-refractivity contribution in [3.8, 4) is 0 Å². The van der Waals surface area contributed by atoms with Gasteiger partial charge in [0.05, 0.1) is 12.0 Å². The van der Waals surface area contributed by atoms with Crippen LogP contribution >= 0.6 is 0 Å². The smallest absolute Gasteiger partial charge is 0.222 e. The van der Waals surface area contributed by atoms with Crippen molar-refractivity contribution in [2.45, 2.75) is 63.9 Å². The van der Waals surface area contributed by atoms with E-state index in [0.717, 1.165) is 25.7 Å². The molecule has 3 nitrogen and oxygen atoms in total. The molecular weight excluding hydrogens is 262 g/mol. The standard InChI is InChI=1S/C18H27NO2/c1-14-7-6-8-15(11-14)17(2,3)13-19-16(20)12-18(21)9-4-5-10-18/h6-8,11,21H,4-5,9-10,12-13H2,1-3H3,(H,19,20). The van der Waals surface area contributed by atoms with Crippen LogP contribution < -0.4 is 5.32 Å². The fourth-order valence-electron chi connectivity index (χ4n) is 3.06. The third kappa shape index (κ3) is 4.31. The lowest BCUT2D eigenvalue weighted by atomic mass is 9.84. The maximum Gasteiger partial charge on any atom is 0.222 e. The fraction of sp³-hybridized carbons (Fsp3) is 0.611. The number of hydrogen-bond donors (Lipinski definition) is 2. The lowest BCUT2D eigenvalue weighted by Gasteiger charge is -2.27. The van der Waals surface area contributed by atoms with E-state index in [2.05, 4.69) is 50.4 Å². The van der Waals surface area contributed by atoms with E-state index in [1.54, 1.807) is 0 Å². The molecule has 2 N–H and O–H groups in total. The lowest BCUT2D eigenvalue weighted by Crippen LogP contribution is -2.40. The van der Waals surface area contributed by atoms with Crippen LogP contribution in [0, 0.1) is 6.92 Å². The maximum atomic E-state index is 12.1. The molecule has 1 aliphatic rings. The van der Waals surface area contributed by atoms with Gasteiger partial charge in [-0.2, -0.15) is 0 Å². The van der Waals surface area contributed by atoms with Gasteiger partial charge in [0, 0.05) is 12.0 Å². The summed E-state index contributed by atoms with van der Waals surface area (Å²) in [5.74, 6) is -0.0415. The zero-order chi connectivity index (χ0) is 15.5. The Balaban J connectivity index is 1.90. The van der Waals surface area contributed by atoms with Crippen LogP contribution in [0.4, 0.5) is 0 Å². The van der Waals surface area contributed by atoms with Crippen LogP contribution in [0.15, 0.2) is 24.3 Å². The van der Waals surface area contributed by atoms with Gasteiger partial charge in [-0.3, -0.25) is 4.79 Å². The van der Waals surface area contributed by atoms with Crippen LogP contribution in [-0.2, 0) is 10.2 Å². The highest BCUT2D eigenvalue weighted by molar-refractivity contribution is 5.77. The zero-order valence-corrected chi connectivity index (χ0v) is 13.4. The molecule has 0 bridgehead atoms. The summed E-state index contributed by atoms with van der Waals surface area (Å²) in [4.78, 5) is 12.1. The van der Waals surface area contributed by atoms with Crippen molar-refractivity contribution >= 4 is 5.91 Å². The van der Waals surface area contributed by atoms with Gasteiger partial charge in [-0.05, 0) is 25.3 Å². The quantitative estimate of drug-likeness (QED) is 0.875. The van der Waals surface area contributed by atoms with Crippen molar-refractivity contribution in [1.29, 1.82) is 0 Å². The Morgan fingerprint density at radius 1 is 1.33 bits per heavy atom. The van der Waals surface area contributed by atoms with Crippen LogP contribution in [0.3, 0.4) is 0 Å². The Morgan fingerprint density at radius 3 is 2.62 bits per heavy atom. The van der Waals surface area contributed by atoms with Crippen molar-refractivity contribution in [3.05, 3.63) is 35.4 Å². The van der Waals surface area contributed by atoms with Gasteiger partial charge >= 0.3 is 0 Å². The minimum absolute atomic E-state index is 0.0415. The summed E-state index contributed by atoms with van der Waals surface area (Å²) in [6.45, 7) is 6.93. The molecule has 0 saturated heterocycles. The highest BCUT2D eigenvalue weighted by atomic mass is 16.3. The van der Waals surface area contributed by atoms with Crippen LogP contribution in [0.1, 0.15) is 57.1 Å². The molecule has 0 atom stereocenters. The molecule has 1 saturated carbocycles. The summed E-state index contributed by atoms with van der Waals surface area (Å²) < 4.78 is 0. The summed E-state index contributed by atoms with van der Waals surface area (Å²) in [7, 11) is 0. The van der Waals surface area contributed by atoms with Gasteiger partial charge in [-0.15, -0.1) is 0 Å². The molecule has 116 valence electrons. The number of aryl methyl sites for hydroxylation is 1. The molecule has 1 fully saturated rings. The Hall–Kier alpha value is -1.35. The Kier molecular flexibility index (Phi) is 4.72. The number of carbonyl (C=O) groups excluding carboxylic acids is 1. The summed E-state index contributed by atoms with van der Waals surface area (Å²) in [6, 6.07) is 8.39. The van der Waals surface area contributed by atoms with Gasteiger partial charge in [0.25, 0.3) is 0 Å². The van der Waals surface area contributed by atoms with E-state index >= 15 is 0 Å². The van der Waals surface area contributed by atoms with Crippen LogP contribution in [0.2, 0.25) is 0 Å². The molecule has 3 heteroatoms. The highest BCUT2D eigenvalue weighted by Crippen LogP contribution is 2.32. The molecule has 0 heterocycles. The third-order valence-electron chi connectivity index (χ3n) is 4.55. The van der Waals surface area contributed by atoms with Gasteiger partial charge in [0.15, 0.2) is 0 Å². The topological polar surface area (TPSA) is 49.3 Å². The first kappa shape index (κ1) is 16.0. The maximum absolute atomic E-state index is 12.1. The molecular formula is C18H27NO2. The summed E-state index contributed by atoms with van der Waals surface area (Å²) in [6.07, 6.45) is 3.79. The van der Waals surface area contributed by atoms with Gasteiger partial charge in [-0.1, -0.05) is 56.5 Å². The molecule has 0 aromatic heterocycles. The zero-order valence-electron chi connectivity index (χ0n) is 13.4. The van der Waals surface area contributed by atoms with Crippen LogP contribution in [0.25, 0.3) is 0 Å². The van der Waals surface area contributed by atoms with E-state index in [0.29, 0.717) is 6.54 Å². The van der Waals surface area contributed by atoms with Crippen molar-refractivity contribution in [2.75, 3.05) is 6.54 Å². The molecule has 0 unspecified atom stereocenters. The second kappa shape index (κ2) is 6.18. The summed E-state index contributed by atoms with van der Waals surface area (Å²) >= 11 is 0. The van der Waals surface area contributed by atoms with E-state index in [1.165, 1.54) is 11.1 Å². The van der Waals surface area contributed by atoms with Gasteiger partial charge in [0.1, 0.15) is 0 Å². The minimum atomic E-state index is -0.766. The Morgan fingerprint density at radius 2 is 2.00 bits per heavy atom. The largest absolute Gasteiger partial charge is 0.389 e. The third-order valence-corrected chi connectivity index (χ3v) is 4.55. The molecule has 1 aromatic rings. The van der Waals surface area contributed by atoms with Crippen molar-refractivity contribution in [3.63, 3.8) is 0 Å². The number of rotatable bonds is 5. The molecule has 0 radical (unpaired) electrons. The number of aliphatic hydroxyl groups is 1. The predicted molar refractivity (Wildman–Crippen MR) is 85.2 cm³/mol. The number of nitrogens with one attached hydrogen (secondary N) is 1. The molecule has 21 heavy (non-hydrogen) atoms. The molecule has 1 aliphatic carbocycles. The number of hydrogen-bond acceptors (Lipinski definition) is 2. The highest BCUT2D eigenvalue weighted by Gasteiger charge is 2.33. The van der Waals surface area contributed by atoms with E-state index in [9.17, 15) is 9.90 Å². The first-order valence-electron chi connectivity index (χ1n) is 7.87. The second-order valence-electron chi connectivity index (χ2n) is 7.14. The first-order chi connectivity index (χ1) is 9.81. The summed E-state index contributed by atoms with van der Waals surface area (Å²) in [5.41, 5.74) is 1.58.